The number of rotatable bonds is 4. The summed E-state index contributed by atoms with van der Waals surface area (Å²) < 4.78 is 0. The fraction of sp³-hybridized carbons (Fsp3) is 0.750. The highest BCUT2D eigenvalue weighted by molar-refractivity contribution is 5.89. The molecule has 0 saturated carbocycles. The number of nitrogens with one attached hydrogen (secondary N) is 2. The Morgan fingerprint density at radius 2 is 1.95 bits per heavy atom. The molecule has 0 aliphatic carbocycles. The highest BCUT2D eigenvalue weighted by Crippen LogP contribution is 2.17. The average molecular weight is 271 g/mol. The van der Waals surface area contributed by atoms with Gasteiger partial charge in [0, 0.05) is 13.6 Å². The zero-order chi connectivity index (χ0) is 14.6. The van der Waals surface area contributed by atoms with Gasteiger partial charge >= 0.3 is 12.0 Å². The maximum absolute atomic E-state index is 12.1. The van der Waals surface area contributed by atoms with Gasteiger partial charge in [-0.25, -0.2) is 9.59 Å². The SMILES string of the molecule is CNC(=O)C1CCCN1C(=O)NC(C(=O)O)C(C)C. The lowest BCUT2D eigenvalue weighted by atomic mass is 10.1. The molecule has 3 amide bonds. The first kappa shape index (κ1) is 15.3. The van der Waals surface area contributed by atoms with Crippen LogP contribution in [0.15, 0.2) is 0 Å². The molecular formula is C12H21N3O4. The van der Waals surface area contributed by atoms with E-state index in [1.165, 1.54) is 11.9 Å². The first-order valence-electron chi connectivity index (χ1n) is 6.40. The van der Waals surface area contributed by atoms with Gasteiger partial charge in [0.2, 0.25) is 5.91 Å². The van der Waals surface area contributed by atoms with Crippen LogP contribution in [-0.4, -0.2) is 53.6 Å². The van der Waals surface area contributed by atoms with E-state index in [9.17, 15) is 14.4 Å². The Labute approximate surface area is 112 Å². The summed E-state index contributed by atoms with van der Waals surface area (Å²) in [6, 6.07) is -1.95. The maximum atomic E-state index is 12.1. The molecule has 0 spiro atoms. The molecule has 1 rings (SSSR count). The molecule has 0 aromatic rings. The third kappa shape index (κ3) is 3.59. The van der Waals surface area contributed by atoms with Crippen molar-refractivity contribution in [2.75, 3.05) is 13.6 Å². The van der Waals surface area contributed by atoms with Crippen molar-refractivity contribution < 1.29 is 19.5 Å². The molecule has 7 heteroatoms. The van der Waals surface area contributed by atoms with Gasteiger partial charge in [0.25, 0.3) is 0 Å². The van der Waals surface area contributed by atoms with Crippen molar-refractivity contribution in [1.82, 2.24) is 15.5 Å². The normalized spacial score (nSPS) is 20.2. The van der Waals surface area contributed by atoms with Gasteiger partial charge in [-0.05, 0) is 18.8 Å². The zero-order valence-corrected chi connectivity index (χ0v) is 11.5. The van der Waals surface area contributed by atoms with Crippen LogP contribution in [0.25, 0.3) is 0 Å². The van der Waals surface area contributed by atoms with Gasteiger partial charge in [-0.1, -0.05) is 13.8 Å². The monoisotopic (exact) mass is 271 g/mol. The van der Waals surface area contributed by atoms with Crippen LogP contribution in [0.1, 0.15) is 26.7 Å². The van der Waals surface area contributed by atoms with Crippen LogP contribution < -0.4 is 10.6 Å². The molecule has 108 valence electrons. The molecule has 0 radical (unpaired) electrons. The van der Waals surface area contributed by atoms with Gasteiger partial charge in [0.15, 0.2) is 0 Å². The number of urea groups is 1. The van der Waals surface area contributed by atoms with Crippen molar-refractivity contribution in [2.45, 2.75) is 38.8 Å². The Kier molecular flexibility index (Phi) is 5.14. The van der Waals surface area contributed by atoms with Crippen LogP contribution in [0.2, 0.25) is 0 Å². The molecule has 0 bridgehead atoms. The zero-order valence-electron chi connectivity index (χ0n) is 11.5. The number of carbonyl (C=O) groups is 3. The summed E-state index contributed by atoms with van der Waals surface area (Å²) in [6.45, 7) is 3.91. The highest BCUT2D eigenvalue weighted by atomic mass is 16.4. The molecule has 3 N–H and O–H groups in total. The standard InChI is InChI=1S/C12H21N3O4/c1-7(2)9(11(17)18)14-12(19)15-6-4-5-8(15)10(16)13-3/h7-9H,4-6H2,1-3H3,(H,13,16)(H,14,19)(H,17,18). The first-order chi connectivity index (χ1) is 8.88. The van der Waals surface area contributed by atoms with Gasteiger partial charge in [-0.3, -0.25) is 4.79 Å². The molecule has 1 aliphatic rings. The van der Waals surface area contributed by atoms with Crippen LogP contribution in [0, 0.1) is 5.92 Å². The van der Waals surface area contributed by atoms with E-state index in [1.807, 2.05) is 0 Å². The van der Waals surface area contributed by atoms with Crippen LogP contribution in [-0.2, 0) is 9.59 Å². The smallest absolute Gasteiger partial charge is 0.326 e. The number of carboxylic acid groups (broad SMARTS) is 1. The number of amides is 3. The molecule has 1 saturated heterocycles. The first-order valence-corrected chi connectivity index (χ1v) is 6.40. The minimum atomic E-state index is -1.07. The van der Waals surface area contributed by atoms with Crippen LogP contribution in [0.4, 0.5) is 4.79 Å². The maximum Gasteiger partial charge on any atom is 0.326 e. The average Bonchev–Trinajstić information content (AvgIpc) is 2.82. The Bertz CT molecular complexity index is 370. The molecule has 1 fully saturated rings. The molecule has 1 heterocycles. The Morgan fingerprint density at radius 1 is 1.32 bits per heavy atom. The second kappa shape index (κ2) is 6.40. The lowest BCUT2D eigenvalue weighted by Crippen LogP contribution is -2.54. The minimum Gasteiger partial charge on any atom is -0.480 e. The van der Waals surface area contributed by atoms with Crippen LogP contribution in [0.5, 0.6) is 0 Å². The molecule has 0 aromatic carbocycles. The van der Waals surface area contributed by atoms with Gasteiger partial charge in [-0.15, -0.1) is 0 Å². The quantitative estimate of drug-likeness (QED) is 0.671. The van der Waals surface area contributed by atoms with Crippen molar-refractivity contribution >= 4 is 17.9 Å². The van der Waals surface area contributed by atoms with Crippen LogP contribution in [0.3, 0.4) is 0 Å². The summed E-state index contributed by atoms with van der Waals surface area (Å²) in [5.74, 6) is -1.51. The van der Waals surface area contributed by atoms with Gasteiger partial charge < -0.3 is 20.6 Å². The lowest BCUT2D eigenvalue weighted by molar-refractivity contribution is -0.140. The van der Waals surface area contributed by atoms with Crippen LogP contribution >= 0.6 is 0 Å². The van der Waals surface area contributed by atoms with E-state index < -0.39 is 24.1 Å². The molecule has 2 unspecified atom stereocenters. The van der Waals surface area contributed by atoms with E-state index in [0.29, 0.717) is 13.0 Å². The number of likely N-dealkylation sites (N-methyl/N-ethyl adjacent to an activating group) is 1. The Hall–Kier alpha value is -1.79. The summed E-state index contributed by atoms with van der Waals surface area (Å²) in [7, 11) is 1.52. The third-order valence-corrected chi connectivity index (χ3v) is 3.27. The number of aliphatic carboxylic acids is 1. The van der Waals surface area contributed by atoms with E-state index in [0.717, 1.165) is 6.42 Å². The van der Waals surface area contributed by atoms with Crippen molar-refractivity contribution in [3.63, 3.8) is 0 Å². The number of likely N-dealkylation sites (tertiary alicyclic amines) is 1. The number of hydrogen-bond donors (Lipinski definition) is 3. The van der Waals surface area contributed by atoms with Crippen molar-refractivity contribution in [1.29, 1.82) is 0 Å². The second-order valence-electron chi connectivity index (χ2n) is 4.98. The van der Waals surface area contributed by atoms with E-state index in [1.54, 1.807) is 13.8 Å². The molecule has 0 aromatic heterocycles. The van der Waals surface area contributed by atoms with Crippen molar-refractivity contribution in [3.8, 4) is 0 Å². The molecule has 7 nitrogen and oxygen atoms in total. The Balaban J connectivity index is 2.71. The molecule has 19 heavy (non-hydrogen) atoms. The number of carboxylic acids is 1. The summed E-state index contributed by atoms with van der Waals surface area (Å²) in [5, 5.41) is 14.0. The summed E-state index contributed by atoms with van der Waals surface area (Å²) in [6.07, 6.45) is 1.34. The third-order valence-electron chi connectivity index (χ3n) is 3.27. The predicted molar refractivity (Wildman–Crippen MR) is 68.6 cm³/mol. The number of nitrogens with zero attached hydrogens (tertiary/aromatic N) is 1. The Morgan fingerprint density at radius 3 is 2.42 bits per heavy atom. The predicted octanol–water partition coefficient (Wildman–Crippen LogP) is 0.0156. The van der Waals surface area contributed by atoms with Gasteiger partial charge in [0.05, 0.1) is 0 Å². The highest BCUT2D eigenvalue weighted by Gasteiger charge is 2.35. The molecule has 1 aliphatic heterocycles. The molecule has 2 atom stereocenters. The van der Waals surface area contributed by atoms with E-state index in [-0.39, 0.29) is 11.8 Å². The van der Waals surface area contributed by atoms with Crippen molar-refractivity contribution in [2.24, 2.45) is 5.92 Å². The van der Waals surface area contributed by atoms with Gasteiger partial charge in [-0.2, -0.15) is 0 Å². The van der Waals surface area contributed by atoms with E-state index in [4.69, 9.17) is 5.11 Å². The van der Waals surface area contributed by atoms with E-state index >= 15 is 0 Å². The fourth-order valence-electron chi connectivity index (χ4n) is 2.18. The summed E-state index contributed by atoms with van der Waals surface area (Å²) in [5.41, 5.74) is 0. The van der Waals surface area contributed by atoms with E-state index in [2.05, 4.69) is 10.6 Å². The largest absolute Gasteiger partial charge is 0.480 e. The summed E-state index contributed by atoms with van der Waals surface area (Å²) in [4.78, 5) is 36.2. The molecular weight excluding hydrogens is 250 g/mol. The number of hydrogen-bond acceptors (Lipinski definition) is 3. The van der Waals surface area contributed by atoms with Crippen molar-refractivity contribution in [3.05, 3.63) is 0 Å². The number of carbonyl (C=O) groups excluding carboxylic acids is 2. The topological polar surface area (TPSA) is 98.7 Å². The second-order valence-corrected chi connectivity index (χ2v) is 4.98. The lowest BCUT2D eigenvalue weighted by Gasteiger charge is -2.26. The minimum absolute atomic E-state index is 0.218. The fourth-order valence-corrected chi connectivity index (χ4v) is 2.18. The summed E-state index contributed by atoms with van der Waals surface area (Å²) >= 11 is 0. The van der Waals surface area contributed by atoms with Gasteiger partial charge in [0.1, 0.15) is 12.1 Å².